The van der Waals surface area contributed by atoms with Gasteiger partial charge in [0.1, 0.15) is 17.6 Å². The van der Waals surface area contributed by atoms with Crippen molar-refractivity contribution in [3.05, 3.63) is 90.5 Å². The molecule has 43 heavy (non-hydrogen) atoms. The summed E-state index contributed by atoms with van der Waals surface area (Å²) in [6, 6.07) is 14.5. The third-order valence-corrected chi connectivity index (χ3v) is 9.69. The molecule has 0 aliphatic carbocycles. The average molecular weight is 607 g/mol. The van der Waals surface area contributed by atoms with Crippen molar-refractivity contribution in [2.24, 2.45) is 17.8 Å². The summed E-state index contributed by atoms with van der Waals surface area (Å²) in [5, 5.41) is 11.2. The van der Waals surface area contributed by atoms with Gasteiger partial charge in [0, 0.05) is 17.3 Å². The second-order valence-corrected chi connectivity index (χ2v) is 12.4. The number of hydrogen-bond acceptors (Lipinski definition) is 6. The van der Waals surface area contributed by atoms with E-state index < -0.39 is 41.1 Å². The van der Waals surface area contributed by atoms with Gasteiger partial charge in [0.25, 0.3) is 5.91 Å². The van der Waals surface area contributed by atoms with Crippen molar-refractivity contribution in [1.29, 1.82) is 0 Å². The second kappa shape index (κ2) is 12.3. The predicted octanol–water partition coefficient (Wildman–Crippen LogP) is 4.59. The summed E-state index contributed by atoms with van der Waals surface area (Å²) >= 11 is 6.15. The number of rotatable bonds is 12. The summed E-state index contributed by atoms with van der Waals surface area (Å²) in [5.41, 5.74) is -0.812. The molecule has 5 rings (SSSR count). The Labute approximate surface area is 257 Å². The molecule has 2 aromatic carbocycles. The van der Waals surface area contributed by atoms with Crippen LogP contribution in [0.15, 0.2) is 79.9 Å². The third kappa shape index (κ3) is 5.19. The lowest BCUT2D eigenvalue weighted by atomic mass is 9.62. The lowest BCUT2D eigenvalue weighted by molar-refractivity contribution is -0.162. The number of aliphatic hydroxyl groups excluding tert-OH is 1. The Kier molecular flexibility index (Phi) is 8.84. The van der Waals surface area contributed by atoms with Crippen molar-refractivity contribution < 1.29 is 29.0 Å². The number of aliphatic hydroxyl groups is 1. The molecular formula is C34H39ClN2O6. The third-order valence-electron chi connectivity index (χ3n) is 9.44. The van der Waals surface area contributed by atoms with E-state index in [0.29, 0.717) is 30.0 Å². The summed E-state index contributed by atoms with van der Waals surface area (Å²) in [7, 11) is 0. The van der Waals surface area contributed by atoms with E-state index in [-0.39, 0.29) is 37.5 Å². The van der Waals surface area contributed by atoms with Gasteiger partial charge in [0.2, 0.25) is 5.91 Å². The number of nitrogens with zero attached hydrogens (tertiary/aromatic N) is 2. The first-order chi connectivity index (χ1) is 20.6. The van der Waals surface area contributed by atoms with Gasteiger partial charge in [0.05, 0.1) is 30.8 Å². The molecule has 7 atom stereocenters. The molecule has 0 aromatic heterocycles. The SMILES string of the molecule is C=CCCOC(=O)[C@H]1[C@H]2C(=O)N([C@@H](CO)Cc3ccccc3)C(C(=O)N(CC=C)c3ccc(Cl)cc3)C23CC(C)[C@]1(C)O3. The first-order valence-corrected chi connectivity index (χ1v) is 15.1. The highest BCUT2D eigenvalue weighted by Gasteiger charge is 2.80. The van der Waals surface area contributed by atoms with E-state index in [4.69, 9.17) is 21.1 Å². The van der Waals surface area contributed by atoms with Crippen LogP contribution in [0, 0.1) is 17.8 Å². The van der Waals surface area contributed by atoms with Crippen LogP contribution in [0.25, 0.3) is 0 Å². The zero-order valence-corrected chi connectivity index (χ0v) is 25.4. The topological polar surface area (TPSA) is 96.4 Å². The van der Waals surface area contributed by atoms with Crippen molar-refractivity contribution in [2.75, 3.05) is 24.7 Å². The molecule has 3 fully saturated rings. The number of fused-ring (bicyclic) bond motifs is 1. The minimum absolute atomic E-state index is 0.139. The minimum atomic E-state index is -1.29. The van der Waals surface area contributed by atoms with E-state index in [1.807, 2.05) is 44.2 Å². The molecule has 1 spiro atoms. The maximum Gasteiger partial charge on any atom is 0.312 e. The summed E-state index contributed by atoms with van der Waals surface area (Å²) < 4.78 is 12.5. The number of amides is 2. The van der Waals surface area contributed by atoms with E-state index in [9.17, 15) is 19.5 Å². The van der Waals surface area contributed by atoms with Crippen molar-refractivity contribution in [1.82, 2.24) is 4.90 Å². The summed E-state index contributed by atoms with van der Waals surface area (Å²) in [6.45, 7) is 11.3. The fourth-order valence-corrected chi connectivity index (χ4v) is 7.52. The highest BCUT2D eigenvalue weighted by Crippen LogP contribution is 2.65. The average Bonchev–Trinajstić information content (AvgIpc) is 3.52. The van der Waals surface area contributed by atoms with Crippen LogP contribution in [-0.4, -0.2) is 70.8 Å². The number of ether oxygens (including phenoxy) is 2. The first kappa shape index (κ1) is 31.0. The minimum Gasteiger partial charge on any atom is -0.465 e. The number of esters is 1. The molecule has 8 nitrogen and oxygen atoms in total. The Bertz CT molecular complexity index is 1380. The van der Waals surface area contributed by atoms with Gasteiger partial charge in [-0.15, -0.1) is 13.2 Å². The fraction of sp³-hybridized carbons (Fsp3) is 0.441. The largest absolute Gasteiger partial charge is 0.465 e. The Morgan fingerprint density at radius 2 is 1.88 bits per heavy atom. The second-order valence-electron chi connectivity index (χ2n) is 11.9. The van der Waals surface area contributed by atoms with Crippen LogP contribution in [0.3, 0.4) is 0 Å². The molecule has 9 heteroatoms. The molecule has 0 saturated carbocycles. The maximum atomic E-state index is 14.8. The van der Waals surface area contributed by atoms with Gasteiger partial charge in [0.15, 0.2) is 0 Å². The Morgan fingerprint density at radius 3 is 2.51 bits per heavy atom. The molecule has 228 valence electrons. The van der Waals surface area contributed by atoms with Gasteiger partial charge >= 0.3 is 5.97 Å². The van der Waals surface area contributed by atoms with Crippen LogP contribution in [0.1, 0.15) is 32.3 Å². The van der Waals surface area contributed by atoms with Crippen LogP contribution in [0.2, 0.25) is 5.02 Å². The van der Waals surface area contributed by atoms with Crippen LogP contribution in [0.5, 0.6) is 0 Å². The Balaban J connectivity index is 1.63. The van der Waals surface area contributed by atoms with Crippen molar-refractivity contribution >= 4 is 35.1 Å². The summed E-state index contributed by atoms with van der Waals surface area (Å²) in [4.78, 5) is 46.2. The van der Waals surface area contributed by atoms with Crippen LogP contribution >= 0.6 is 11.6 Å². The number of carbonyl (C=O) groups is 3. The molecule has 2 aromatic rings. The van der Waals surface area contributed by atoms with Gasteiger partial charge < -0.3 is 24.4 Å². The van der Waals surface area contributed by atoms with E-state index in [2.05, 4.69) is 13.2 Å². The predicted molar refractivity (Wildman–Crippen MR) is 164 cm³/mol. The Morgan fingerprint density at radius 1 is 1.19 bits per heavy atom. The standard InChI is InChI=1S/C34H39ClN2O6/c1-5-7-18-42-32(41)28-27-30(39)37(26(21-38)19-23-11-9-8-10-12-23)29(34(27)20-22(3)33(28,4)43-34)31(40)36(17-6-2)25-15-13-24(35)14-16-25/h5-6,8-16,22,26-29,38H,1-2,7,17-21H2,3-4H3/t22?,26-,27+,28-,29?,33+,34?/m1/s1. The lowest BCUT2D eigenvalue weighted by Crippen LogP contribution is -2.59. The van der Waals surface area contributed by atoms with Crippen LogP contribution < -0.4 is 4.90 Å². The monoisotopic (exact) mass is 606 g/mol. The van der Waals surface area contributed by atoms with Crippen molar-refractivity contribution in [3.8, 4) is 0 Å². The van der Waals surface area contributed by atoms with Gasteiger partial charge in [-0.2, -0.15) is 0 Å². The normalized spacial score (nSPS) is 29.7. The van der Waals surface area contributed by atoms with Gasteiger partial charge in [-0.3, -0.25) is 14.4 Å². The molecule has 3 aliphatic rings. The molecular weight excluding hydrogens is 568 g/mol. The van der Waals surface area contributed by atoms with Crippen LogP contribution in [-0.2, 0) is 30.3 Å². The number of likely N-dealkylation sites (tertiary alicyclic amines) is 1. The number of anilines is 1. The lowest BCUT2D eigenvalue weighted by Gasteiger charge is -2.39. The van der Waals surface area contributed by atoms with E-state index in [0.717, 1.165) is 5.56 Å². The molecule has 3 unspecified atom stereocenters. The molecule has 1 N–H and O–H groups in total. The van der Waals surface area contributed by atoms with E-state index in [1.54, 1.807) is 41.3 Å². The smallest absolute Gasteiger partial charge is 0.312 e. The fourth-order valence-electron chi connectivity index (χ4n) is 7.40. The van der Waals surface area contributed by atoms with Gasteiger partial charge in [-0.1, -0.05) is 61.0 Å². The molecule has 3 aliphatic heterocycles. The summed E-state index contributed by atoms with van der Waals surface area (Å²) in [5.74, 6) is -3.28. The molecule has 3 saturated heterocycles. The molecule has 2 bridgehead atoms. The van der Waals surface area contributed by atoms with Gasteiger partial charge in [-0.05, 0) is 61.9 Å². The first-order valence-electron chi connectivity index (χ1n) is 14.8. The molecule has 0 radical (unpaired) electrons. The highest BCUT2D eigenvalue weighted by molar-refractivity contribution is 6.30. The van der Waals surface area contributed by atoms with Crippen molar-refractivity contribution in [3.63, 3.8) is 0 Å². The molecule has 2 amide bonds. The maximum absolute atomic E-state index is 14.8. The summed E-state index contributed by atoms with van der Waals surface area (Å²) in [6.07, 6.45) is 4.47. The number of halogens is 1. The molecule has 3 heterocycles. The van der Waals surface area contributed by atoms with E-state index >= 15 is 0 Å². The zero-order chi connectivity index (χ0) is 30.9. The Hall–Kier alpha value is -3.46. The number of benzene rings is 2. The van der Waals surface area contributed by atoms with E-state index in [1.165, 1.54) is 4.90 Å². The van der Waals surface area contributed by atoms with Crippen LogP contribution in [0.4, 0.5) is 5.69 Å². The number of carbonyl (C=O) groups excluding carboxylic acids is 3. The number of hydrogen-bond donors (Lipinski definition) is 1. The zero-order valence-electron chi connectivity index (χ0n) is 24.7. The highest BCUT2D eigenvalue weighted by atomic mass is 35.5. The van der Waals surface area contributed by atoms with Gasteiger partial charge in [-0.25, -0.2) is 0 Å². The van der Waals surface area contributed by atoms with Crippen molar-refractivity contribution in [2.45, 2.75) is 56.4 Å². The quantitative estimate of drug-likeness (QED) is 0.216.